The molecule has 1 saturated carbocycles. The summed E-state index contributed by atoms with van der Waals surface area (Å²) in [5, 5.41) is 2.74. The molecular formula is C28H29Cl2NS3. The highest BCUT2D eigenvalue weighted by Gasteiger charge is 2.19. The third kappa shape index (κ3) is 8.87. The standard InChI is InChI=1S/C28H29Cl2NS3/c29-22-11-15-25(16-12-22)33-28(34-26-17-13-23(30)14-18-26)19-27(31-24-9-5-2-6-10-24)32-20-21-7-3-1-4-8-21/h2,5-6,9-18,21,28H,1,3-4,7-8,19-20H2. The molecule has 0 spiro atoms. The van der Waals surface area contributed by atoms with Gasteiger partial charge in [-0.2, -0.15) is 0 Å². The van der Waals surface area contributed by atoms with Gasteiger partial charge in [-0.15, -0.1) is 35.3 Å². The largest absolute Gasteiger partial charge is 0.247 e. The molecule has 0 aliphatic heterocycles. The van der Waals surface area contributed by atoms with Gasteiger partial charge >= 0.3 is 0 Å². The predicted molar refractivity (Wildman–Crippen MR) is 156 cm³/mol. The lowest BCUT2D eigenvalue weighted by molar-refractivity contribution is 0.391. The zero-order valence-electron chi connectivity index (χ0n) is 19.0. The molecule has 178 valence electrons. The van der Waals surface area contributed by atoms with Gasteiger partial charge in [0.2, 0.25) is 0 Å². The molecule has 0 heterocycles. The maximum Gasteiger partial charge on any atom is 0.0758 e. The Morgan fingerprint density at radius 2 is 1.32 bits per heavy atom. The van der Waals surface area contributed by atoms with Crippen molar-refractivity contribution in [2.45, 2.75) is 52.9 Å². The minimum absolute atomic E-state index is 0.281. The molecule has 34 heavy (non-hydrogen) atoms. The first-order chi connectivity index (χ1) is 16.6. The van der Waals surface area contributed by atoms with E-state index in [9.17, 15) is 0 Å². The van der Waals surface area contributed by atoms with Crippen molar-refractivity contribution < 1.29 is 0 Å². The van der Waals surface area contributed by atoms with Gasteiger partial charge in [0.1, 0.15) is 0 Å². The third-order valence-electron chi connectivity index (χ3n) is 5.72. The Balaban J connectivity index is 1.54. The van der Waals surface area contributed by atoms with Crippen molar-refractivity contribution in [1.82, 2.24) is 0 Å². The molecule has 1 aliphatic carbocycles. The van der Waals surface area contributed by atoms with Crippen LogP contribution < -0.4 is 0 Å². The molecule has 0 saturated heterocycles. The Morgan fingerprint density at radius 3 is 1.88 bits per heavy atom. The number of nitrogens with zero attached hydrogens (tertiary/aromatic N) is 1. The molecule has 1 nitrogen and oxygen atoms in total. The topological polar surface area (TPSA) is 12.4 Å². The highest BCUT2D eigenvalue weighted by atomic mass is 35.5. The van der Waals surface area contributed by atoms with Crippen LogP contribution >= 0.6 is 58.5 Å². The summed E-state index contributed by atoms with van der Waals surface area (Å²) in [6.45, 7) is 0. The van der Waals surface area contributed by atoms with E-state index in [4.69, 9.17) is 28.2 Å². The first-order valence-corrected chi connectivity index (χ1v) is 15.2. The van der Waals surface area contributed by atoms with Gasteiger partial charge in [-0.25, -0.2) is 4.99 Å². The first-order valence-electron chi connectivity index (χ1n) is 11.7. The van der Waals surface area contributed by atoms with E-state index in [1.165, 1.54) is 46.9 Å². The Bertz CT molecular complexity index is 986. The molecule has 0 radical (unpaired) electrons. The fraction of sp³-hybridized carbons (Fsp3) is 0.321. The molecule has 6 heteroatoms. The summed E-state index contributed by atoms with van der Waals surface area (Å²) in [6, 6.07) is 26.6. The van der Waals surface area contributed by atoms with Crippen molar-refractivity contribution >= 4 is 69.2 Å². The van der Waals surface area contributed by atoms with Gasteiger partial charge in [0.25, 0.3) is 0 Å². The van der Waals surface area contributed by atoms with Crippen molar-refractivity contribution in [2.24, 2.45) is 10.9 Å². The summed E-state index contributed by atoms with van der Waals surface area (Å²) >= 11 is 18.0. The smallest absolute Gasteiger partial charge is 0.0758 e. The van der Waals surface area contributed by atoms with E-state index < -0.39 is 0 Å². The Kier molecular flexibility index (Phi) is 10.6. The van der Waals surface area contributed by atoms with Crippen molar-refractivity contribution in [3.8, 4) is 0 Å². The van der Waals surface area contributed by atoms with Gasteiger partial charge in [0.05, 0.1) is 15.3 Å². The van der Waals surface area contributed by atoms with Gasteiger partial charge in [0, 0.05) is 32.0 Å². The van der Waals surface area contributed by atoms with Crippen molar-refractivity contribution in [2.75, 3.05) is 5.75 Å². The SMILES string of the molecule is Clc1ccc(SC(CC(=Nc2ccccc2)SCC2CCCCC2)Sc2ccc(Cl)cc2)cc1. The van der Waals surface area contributed by atoms with Crippen LogP contribution in [0.4, 0.5) is 5.69 Å². The van der Waals surface area contributed by atoms with Crippen LogP contribution in [0.5, 0.6) is 0 Å². The molecule has 0 atom stereocenters. The molecule has 0 aromatic heterocycles. The van der Waals surface area contributed by atoms with Gasteiger partial charge in [-0.05, 0) is 79.4 Å². The second-order valence-corrected chi connectivity index (χ2v) is 13.3. The molecule has 0 amide bonds. The predicted octanol–water partition coefficient (Wildman–Crippen LogP) is 10.6. The van der Waals surface area contributed by atoms with Crippen LogP contribution in [-0.2, 0) is 0 Å². The first kappa shape index (κ1) is 26.0. The van der Waals surface area contributed by atoms with Gasteiger partial charge in [-0.3, -0.25) is 0 Å². The second kappa shape index (κ2) is 13.9. The van der Waals surface area contributed by atoms with Crippen molar-refractivity contribution in [3.63, 3.8) is 0 Å². The van der Waals surface area contributed by atoms with Gasteiger partial charge < -0.3 is 0 Å². The summed E-state index contributed by atoms with van der Waals surface area (Å²) in [4.78, 5) is 7.54. The Hall–Kier alpha value is -1.04. The number of aliphatic imine (C=N–C) groups is 1. The zero-order chi connectivity index (χ0) is 23.6. The summed E-state index contributed by atoms with van der Waals surface area (Å²) < 4.78 is 0.281. The fourth-order valence-corrected chi connectivity index (χ4v) is 8.15. The summed E-state index contributed by atoms with van der Waals surface area (Å²) in [6.07, 6.45) is 7.74. The number of thioether (sulfide) groups is 3. The molecule has 3 aromatic rings. The Labute approximate surface area is 226 Å². The van der Waals surface area contributed by atoms with Gasteiger partial charge in [-0.1, -0.05) is 60.7 Å². The van der Waals surface area contributed by atoms with Crippen LogP contribution in [0, 0.1) is 5.92 Å². The van der Waals surface area contributed by atoms with Crippen molar-refractivity contribution in [1.29, 1.82) is 0 Å². The monoisotopic (exact) mass is 545 g/mol. The normalized spacial score (nSPS) is 15.1. The number of para-hydroxylation sites is 1. The summed E-state index contributed by atoms with van der Waals surface area (Å²) in [5.41, 5.74) is 1.03. The number of hydrogen-bond acceptors (Lipinski definition) is 4. The molecule has 1 aliphatic rings. The highest BCUT2D eigenvalue weighted by molar-refractivity contribution is 8.17. The molecule has 3 aromatic carbocycles. The number of halogens is 2. The highest BCUT2D eigenvalue weighted by Crippen LogP contribution is 2.40. The maximum atomic E-state index is 6.13. The number of benzene rings is 3. The number of hydrogen-bond donors (Lipinski definition) is 0. The third-order valence-corrected chi connectivity index (χ3v) is 9.98. The van der Waals surface area contributed by atoms with Crippen LogP contribution in [0.15, 0.2) is 93.6 Å². The van der Waals surface area contributed by atoms with E-state index in [-0.39, 0.29) is 4.58 Å². The van der Waals surface area contributed by atoms with E-state index in [1.807, 2.05) is 65.6 Å². The zero-order valence-corrected chi connectivity index (χ0v) is 23.0. The van der Waals surface area contributed by atoms with Crippen LogP contribution in [0.25, 0.3) is 0 Å². The van der Waals surface area contributed by atoms with Crippen molar-refractivity contribution in [3.05, 3.63) is 88.9 Å². The maximum absolute atomic E-state index is 6.13. The quantitative estimate of drug-likeness (QED) is 0.115. The molecular weight excluding hydrogens is 517 g/mol. The Morgan fingerprint density at radius 1 is 0.765 bits per heavy atom. The lowest BCUT2D eigenvalue weighted by Crippen LogP contribution is -2.12. The van der Waals surface area contributed by atoms with E-state index in [0.717, 1.165) is 33.8 Å². The van der Waals surface area contributed by atoms with E-state index in [1.54, 1.807) is 0 Å². The fourth-order valence-electron chi connectivity index (χ4n) is 3.93. The summed E-state index contributed by atoms with van der Waals surface area (Å²) in [5.74, 6) is 1.97. The minimum Gasteiger partial charge on any atom is -0.247 e. The minimum atomic E-state index is 0.281. The van der Waals surface area contributed by atoms with Crippen LogP contribution in [0.1, 0.15) is 38.5 Å². The van der Waals surface area contributed by atoms with Crippen LogP contribution in [0.3, 0.4) is 0 Å². The lowest BCUT2D eigenvalue weighted by Gasteiger charge is -2.22. The molecule has 4 rings (SSSR count). The lowest BCUT2D eigenvalue weighted by atomic mass is 9.91. The van der Waals surface area contributed by atoms with E-state index in [2.05, 4.69) is 48.5 Å². The van der Waals surface area contributed by atoms with Crippen LogP contribution in [0.2, 0.25) is 10.0 Å². The van der Waals surface area contributed by atoms with E-state index in [0.29, 0.717) is 0 Å². The van der Waals surface area contributed by atoms with Gasteiger partial charge in [0.15, 0.2) is 0 Å². The number of rotatable bonds is 9. The summed E-state index contributed by atoms with van der Waals surface area (Å²) in [7, 11) is 0. The molecule has 0 bridgehead atoms. The van der Waals surface area contributed by atoms with Crippen LogP contribution in [-0.4, -0.2) is 15.4 Å². The average Bonchev–Trinajstić information content (AvgIpc) is 2.86. The second-order valence-electron chi connectivity index (χ2n) is 8.43. The molecule has 1 fully saturated rings. The average molecular weight is 547 g/mol. The van der Waals surface area contributed by atoms with E-state index >= 15 is 0 Å². The molecule has 0 unspecified atom stereocenters. The molecule has 0 N–H and O–H groups in total.